The molecule has 0 saturated heterocycles. The van der Waals surface area contributed by atoms with Crippen molar-refractivity contribution in [2.75, 3.05) is 13.2 Å². The molecule has 0 heterocycles. The normalized spacial score (nSPS) is 35.3. The van der Waals surface area contributed by atoms with E-state index in [-0.39, 0.29) is 30.9 Å². The summed E-state index contributed by atoms with van der Waals surface area (Å²) >= 11 is 0. The second kappa shape index (κ2) is 4.25. The Bertz CT molecular complexity index is 339. The monoisotopic (exact) mass is 225 g/mol. The third kappa shape index (κ3) is 1.71. The molecule has 0 aliphatic heterocycles. The fraction of sp³-hybridized carbons (Fsp3) is 0.636. The van der Waals surface area contributed by atoms with Crippen molar-refractivity contribution in [3.63, 3.8) is 0 Å². The summed E-state index contributed by atoms with van der Waals surface area (Å²) in [4.78, 5) is 22.9. The van der Waals surface area contributed by atoms with Crippen LogP contribution in [0.25, 0.3) is 0 Å². The standard InChI is InChI=1S/C11H15NO4/c13-4-3-12-10(14)8-6-1-2-7(5-6)9(8)11(15)16/h1-2,6-9,13H,3-5H2,(H,12,14)(H,15,16)/t6?,7?,8-,9+/m0/s1. The minimum atomic E-state index is -0.902. The molecule has 0 spiro atoms. The van der Waals surface area contributed by atoms with E-state index in [1.165, 1.54) is 0 Å². The van der Waals surface area contributed by atoms with E-state index in [4.69, 9.17) is 10.2 Å². The molecule has 0 aromatic heterocycles. The molecule has 3 N–H and O–H groups in total. The van der Waals surface area contributed by atoms with E-state index < -0.39 is 17.8 Å². The van der Waals surface area contributed by atoms with Crippen molar-refractivity contribution in [3.05, 3.63) is 12.2 Å². The smallest absolute Gasteiger partial charge is 0.307 e. The van der Waals surface area contributed by atoms with Gasteiger partial charge in [0, 0.05) is 6.54 Å². The maximum atomic E-state index is 11.8. The number of nitrogens with one attached hydrogen (secondary N) is 1. The summed E-state index contributed by atoms with van der Waals surface area (Å²) in [5, 5.41) is 20.3. The molecule has 0 aromatic rings. The molecule has 1 amide bonds. The van der Waals surface area contributed by atoms with Crippen molar-refractivity contribution in [2.24, 2.45) is 23.7 Å². The molecule has 4 atom stereocenters. The molecule has 5 heteroatoms. The zero-order chi connectivity index (χ0) is 11.7. The van der Waals surface area contributed by atoms with Gasteiger partial charge in [-0.05, 0) is 18.3 Å². The van der Waals surface area contributed by atoms with Gasteiger partial charge in [0.25, 0.3) is 0 Å². The van der Waals surface area contributed by atoms with E-state index in [9.17, 15) is 9.59 Å². The molecule has 0 aromatic carbocycles. The van der Waals surface area contributed by atoms with Crippen LogP contribution in [-0.2, 0) is 9.59 Å². The Labute approximate surface area is 93.1 Å². The number of carboxylic acids is 1. The molecular formula is C11H15NO4. The first-order valence-electron chi connectivity index (χ1n) is 5.45. The molecule has 2 unspecified atom stereocenters. The number of aliphatic hydroxyl groups is 1. The van der Waals surface area contributed by atoms with Gasteiger partial charge in [0.1, 0.15) is 0 Å². The van der Waals surface area contributed by atoms with E-state index >= 15 is 0 Å². The number of rotatable bonds is 4. The van der Waals surface area contributed by atoms with E-state index in [0.29, 0.717) is 0 Å². The molecular weight excluding hydrogens is 210 g/mol. The van der Waals surface area contributed by atoms with Crippen LogP contribution >= 0.6 is 0 Å². The van der Waals surface area contributed by atoms with Crippen molar-refractivity contribution < 1.29 is 19.8 Å². The molecule has 1 saturated carbocycles. The van der Waals surface area contributed by atoms with Crippen LogP contribution in [0.4, 0.5) is 0 Å². The highest BCUT2D eigenvalue weighted by Gasteiger charge is 2.51. The third-order valence-electron chi connectivity index (χ3n) is 3.46. The quantitative estimate of drug-likeness (QED) is 0.569. The molecule has 2 rings (SSSR count). The van der Waals surface area contributed by atoms with Gasteiger partial charge in [0.2, 0.25) is 5.91 Å². The van der Waals surface area contributed by atoms with Gasteiger partial charge in [-0.3, -0.25) is 9.59 Å². The van der Waals surface area contributed by atoms with Gasteiger partial charge in [0.05, 0.1) is 18.4 Å². The van der Waals surface area contributed by atoms with Crippen LogP contribution in [0.15, 0.2) is 12.2 Å². The van der Waals surface area contributed by atoms with Gasteiger partial charge in [-0.15, -0.1) is 0 Å². The fourth-order valence-electron chi connectivity index (χ4n) is 2.81. The Morgan fingerprint density at radius 2 is 1.88 bits per heavy atom. The predicted octanol–water partition coefficient (Wildman–Crippen LogP) is -0.382. The van der Waals surface area contributed by atoms with Gasteiger partial charge in [0.15, 0.2) is 0 Å². The fourth-order valence-corrected chi connectivity index (χ4v) is 2.81. The van der Waals surface area contributed by atoms with Crippen molar-refractivity contribution in [1.82, 2.24) is 5.32 Å². The Balaban J connectivity index is 2.10. The zero-order valence-corrected chi connectivity index (χ0v) is 8.80. The number of carboxylic acid groups (broad SMARTS) is 1. The Morgan fingerprint density at radius 3 is 2.44 bits per heavy atom. The number of hydrogen-bond acceptors (Lipinski definition) is 3. The average Bonchev–Trinajstić information content (AvgIpc) is 2.84. The summed E-state index contributed by atoms with van der Waals surface area (Å²) < 4.78 is 0. The molecule has 1 fully saturated rings. The Hall–Kier alpha value is -1.36. The summed E-state index contributed by atoms with van der Waals surface area (Å²) in [5.41, 5.74) is 0. The van der Waals surface area contributed by atoms with Crippen LogP contribution in [0.5, 0.6) is 0 Å². The van der Waals surface area contributed by atoms with Crippen LogP contribution in [0.2, 0.25) is 0 Å². The molecule has 0 radical (unpaired) electrons. The molecule has 2 aliphatic rings. The van der Waals surface area contributed by atoms with Gasteiger partial charge in [-0.1, -0.05) is 12.2 Å². The van der Waals surface area contributed by atoms with Crippen molar-refractivity contribution in [3.8, 4) is 0 Å². The summed E-state index contributed by atoms with van der Waals surface area (Å²) in [7, 11) is 0. The Morgan fingerprint density at radius 1 is 1.25 bits per heavy atom. The van der Waals surface area contributed by atoms with Crippen LogP contribution in [0, 0.1) is 23.7 Å². The van der Waals surface area contributed by atoms with Gasteiger partial charge >= 0.3 is 5.97 Å². The lowest BCUT2D eigenvalue weighted by atomic mass is 9.82. The highest BCUT2D eigenvalue weighted by Crippen LogP contribution is 2.48. The lowest BCUT2D eigenvalue weighted by Crippen LogP contribution is -2.41. The summed E-state index contributed by atoms with van der Waals surface area (Å²) in [5.74, 6) is -2.19. The number of aliphatic carboxylic acids is 1. The number of carbonyl (C=O) groups excluding carboxylic acids is 1. The number of hydrogen-bond donors (Lipinski definition) is 3. The molecule has 5 nitrogen and oxygen atoms in total. The van der Waals surface area contributed by atoms with Crippen molar-refractivity contribution in [1.29, 1.82) is 0 Å². The molecule has 2 aliphatic carbocycles. The molecule has 88 valence electrons. The molecule has 2 bridgehead atoms. The zero-order valence-electron chi connectivity index (χ0n) is 8.80. The summed E-state index contributed by atoms with van der Waals surface area (Å²) in [6.45, 7) is 0.0584. The number of aliphatic hydroxyl groups excluding tert-OH is 1. The third-order valence-corrected chi connectivity index (χ3v) is 3.46. The first-order valence-corrected chi connectivity index (χ1v) is 5.45. The lowest BCUT2D eigenvalue weighted by molar-refractivity contribution is -0.147. The predicted molar refractivity (Wildman–Crippen MR) is 55.4 cm³/mol. The Kier molecular flexibility index (Phi) is 2.96. The van der Waals surface area contributed by atoms with Gasteiger partial charge in [-0.2, -0.15) is 0 Å². The van der Waals surface area contributed by atoms with Crippen LogP contribution in [0.1, 0.15) is 6.42 Å². The number of carbonyl (C=O) groups is 2. The number of amides is 1. The van der Waals surface area contributed by atoms with E-state index in [1.807, 2.05) is 12.2 Å². The van der Waals surface area contributed by atoms with Crippen molar-refractivity contribution >= 4 is 11.9 Å². The number of allylic oxidation sites excluding steroid dienone is 2. The first kappa shape index (κ1) is 11.1. The van der Waals surface area contributed by atoms with Crippen LogP contribution < -0.4 is 5.32 Å². The highest BCUT2D eigenvalue weighted by molar-refractivity contribution is 5.86. The average molecular weight is 225 g/mol. The maximum absolute atomic E-state index is 11.8. The minimum Gasteiger partial charge on any atom is -0.481 e. The molecule has 16 heavy (non-hydrogen) atoms. The minimum absolute atomic E-state index is 0.00706. The summed E-state index contributed by atoms with van der Waals surface area (Å²) in [6, 6.07) is 0. The second-order valence-electron chi connectivity index (χ2n) is 4.35. The largest absolute Gasteiger partial charge is 0.481 e. The van der Waals surface area contributed by atoms with Crippen LogP contribution in [0.3, 0.4) is 0 Å². The number of fused-ring (bicyclic) bond motifs is 2. The van der Waals surface area contributed by atoms with Crippen LogP contribution in [-0.4, -0.2) is 35.2 Å². The van der Waals surface area contributed by atoms with E-state index in [2.05, 4.69) is 5.32 Å². The first-order chi connectivity index (χ1) is 7.65. The van der Waals surface area contributed by atoms with Gasteiger partial charge in [-0.25, -0.2) is 0 Å². The van der Waals surface area contributed by atoms with Gasteiger partial charge < -0.3 is 15.5 Å². The summed E-state index contributed by atoms with van der Waals surface area (Å²) in [6.07, 6.45) is 4.60. The van der Waals surface area contributed by atoms with E-state index in [1.54, 1.807) is 0 Å². The lowest BCUT2D eigenvalue weighted by Gasteiger charge is -2.23. The SMILES string of the molecule is O=C(O)[C@@H]1C2C=CC(C2)[C@@H]1C(=O)NCCO. The van der Waals surface area contributed by atoms with Crippen molar-refractivity contribution in [2.45, 2.75) is 6.42 Å². The topological polar surface area (TPSA) is 86.6 Å². The highest BCUT2D eigenvalue weighted by atomic mass is 16.4. The maximum Gasteiger partial charge on any atom is 0.307 e. The second-order valence-corrected chi connectivity index (χ2v) is 4.35. The van der Waals surface area contributed by atoms with E-state index in [0.717, 1.165) is 6.42 Å².